The lowest BCUT2D eigenvalue weighted by atomic mass is 9.95. The van der Waals surface area contributed by atoms with Gasteiger partial charge in [-0.1, -0.05) is 6.58 Å². The number of nitrogens with zero attached hydrogens (tertiary/aromatic N) is 7. The lowest BCUT2D eigenvalue weighted by molar-refractivity contribution is -0.138. The molecular formula is C32H34F4N8O4. The Bertz CT molecular complexity index is 1810. The van der Waals surface area contributed by atoms with Crippen LogP contribution in [0.5, 0.6) is 17.5 Å². The molecular weight excluding hydrogens is 636 g/mol. The zero-order valence-corrected chi connectivity index (χ0v) is 26.4. The number of anilines is 2. The lowest BCUT2D eigenvalue weighted by Crippen LogP contribution is -2.55. The third-order valence-corrected chi connectivity index (χ3v) is 9.04. The molecule has 3 aromatic rings. The fourth-order valence-electron chi connectivity index (χ4n) is 6.71. The smallest absolute Gasteiger partial charge is 0.422 e. The Balaban J connectivity index is 1.53. The van der Waals surface area contributed by atoms with Crippen LogP contribution >= 0.6 is 0 Å². The topological polar surface area (TPSA) is 143 Å². The molecule has 16 heteroatoms. The number of carbonyl (C=O) groups is 1. The first-order chi connectivity index (χ1) is 22.9. The van der Waals surface area contributed by atoms with Crippen LogP contribution in [0, 0.1) is 11.3 Å². The summed E-state index contributed by atoms with van der Waals surface area (Å²) in [6, 6.07) is 3.99. The van der Waals surface area contributed by atoms with E-state index >= 15 is 0 Å². The number of nitrogen functional groups attached to an aromatic ring is 1. The van der Waals surface area contributed by atoms with Gasteiger partial charge in [-0.2, -0.15) is 28.4 Å². The van der Waals surface area contributed by atoms with E-state index in [1.807, 2.05) is 11.9 Å². The second-order valence-electron chi connectivity index (χ2n) is 12.0. The monoisotopic (exact) mass is 670 g/mol. The maximum atomic E-state index is 14.5. The lowest BCUT2D eigenvalue weighted by Gasteiger charge is -2.41. The van der Waals surface area contributed by atoms with Gasteiger partial charge in [-0.3, -0.25) is 4.79 Å². The number of benzene rings is 1. The van der Waals surface area contributed by atoms with E-state index in [1.165, 1.54) is 11.0 Å². The molecule has 6 rings (SSSR count). The molecule has 3 aliphatic rings. The summed E-state index contributed by atoms with van der Waals surface area (Å²) in [5, 5.41) is 9.95. The highest BCUT2D eigenvalue weighted by Gasteiger charge is 2.41. The third kappa shape index (κ3) is 6.10. The second kappa shape index (κ2) is 12.9. The summed E-state index contributed by atoms with van der Waals surface area (Å²) >= 11 is 0. The molecule has 0 aliphatic carbocycles. The first-order valence-electron chi connectivity index (χ1n) is 15.4. The minimum atomic E-state index is -4.83. The van der Waals surface area contributed by atoms with Crippen LogP contribution in [-0.2, 0) is 17.4 Å². The predicted molar refractivity (Wildman–Crippen MR) is 167 cm³/mol. The van der Waals surface area contributed by atoms with Gasteiger partial charge in [-0.05, 0) is 32.5 Å². The van der Waals surface area contributed by atoms with Gasteiger partial charge in [-0.15, -0.1) is 0 Å². The molecule has 0 spiro atoms. The summed E-state index contributed by atoms with van der Waals surface area (Å²) < 4.78 is 74.8. The standard InChI is InChI=1S/C32H34F4N8O4/c1-17(33)30(45)44-11-10-43(15-18(44)6-8-37)29-25-22(39-31(41-29)48-16-19-5-4-9-42(19)2)13-21(20-7-12-47-28(20)25)27-26(32(34,35)36)23(46-3)14-24(38)40-27/h13-14,18-19H,1,4-7,9-12,15-16H2,2-3H3,(H2,38,40)/t18-,19-/m0/s1. The van der Waals surface area contributed by atoms with Crippen LogP contribution in [0.25, 0.3) is 22.2 Å². The van der Waals surface area contributed by atoms with Gasteiger partial charge in [0.2, 0.25) is 0 Å². The van der Waals surface area contributed by atoms with Crippen molar-refractivity contribution < 1.29 is 36.6 Å². The number of piperazine rings is 1. The maximum Gasteiger partial charge on any atom is 0.422 e. The summed E-state index contributed by atoms with van der Waals surface area (Å²) in [6.07, 6.45) is -2.73. The number of nitriles is 1. The molecule has 1 aromatic carbocycles. The number of pyridine rings is 1. The van der Waals surface area contributed by atoms with Crippen LogP contribution in [0.2, 0.25) is 0 Å². The van der Waals surface area contributed by atoms with Crippen LogP contribution < -0.4 is 24.8 Å². The largest absolute Gasteiger partial charge is 0.496 e. The molecule has 2 atom stereocenters. The van der Waals surface area contributed by atoms with Crippen molar-refractivity contribution in [3.05, 3.63) is 35.7 Å². The van der Waals surface area contributed by atoms with E-state index in [1.54, 1.807) is 0 Å². The number of carbonyl (C=O) groups excluding carboxylic acids is 1. The predicted octanol–water partition coefficient (Wildman–Crippen LogP) is 4.12. The number of likely N-dealkylation sites (N-methyl/N-ethyl adjacent to an activating group) is 1. The van der Waals surface area contributed by atoms with Gasteiger partial charge in [-0.25, -0.2) is 9.37 Å². The van der Waals surface area contributed by atoms with Gasteiger partial charge in [0.15, 0.2) is 5.83 Å². The van der Waals surface area contributed by atoms with Crippen molar-refractivity contribution in [2.24, 2.45) is 0 Å². The zero-order chi connectivity index (χ0) is 34.3. The number of alkyl halides is 3. The number of nitrogens with two attached hydrogens (primary N) is 1. The van der Waals surface area contributed by atoms with Gasteiger partial charge in [0.25, 0.3) is 5.91 Å². The average Bonchev–Trinajstić information content (AvgIpc) is 3.70. The van der Waals surface area contributed by atoms with Gasteiger partial charge in [0, 0.05) is 49.3 Å². The molecule has 12 nitrogen and oxygen atoms in total. The fraction of sp³-hybridized carbons (Fsp3) is 0.469. The molecule has 48 heavy (non-hydrogen) atoms. The summed E-state index contributed by atoms with van der Waals surface area (Å²) in [4.78, 5) is 31.4. The Morgan fingerprint density at radius 2 is 2.00 bits per heavy atom. The molecule has 254 valence electrons. The Hall–Kier alpha value is -4.91. The number of halogens is 4. The van der Waals surface area contributed by atoms with Crippen molar-refractivity contribution >= 4 is 28.4 Å². The molecule has 2 N–H and O–H groups in total. The van der Waals surface area contributed by atoms with Crippen molar-refractivity contribution in [3.63, 3.8) is 0 Å². The van der Waals surface area contributed by atoms with E-state index in [4.69, 9.17) is 24.9 Å². The number of rotatable bonds is 8. The van der Waals surface area contributed by atoms with Crippen LogP contribution in [0.15, 0.2) is 24.5 Å². The highest BCUT2D eigenvalue weighted by atomic mass is 19.4. The van der Waals surface area contributed by atoms with Crippen LogP contribution in [-0.4, -0.2) is 96.3 Å². The number of hydrogen-bond acceptors (Lipinski definition) is 11. The van der Waals surface area contributed by atoms with E-state index in [2.05, 4.69) is 27.5 Å². The van der Waals surface area contributed by atoms with E-state index in [0.29, 0.717) is 16.8 Å². The van der Waals surface area contributed by atoms with Gasteiger partial charge < -0.3 is 34.6 Å². The molecule has 3 aliphatic heterocycles. The summed E-state index contributed by atoms with van der Waals surface area (Å²) in [6.45, 7) is 4.84. The highest BCUT2D eigenvalue weighted by Crippen LogP contribution is 2.49. The molecule has 2 saturated heterocycles. The van der Waals surface area contributed by atoms with E-state index in [9.17, 15) is 27.6 Å². The molecule has 5 heterocycles. The van der Waals surface area contributed by atoms with Gasteiger partial charge >= 0.3 is 12.2 Å². The number of likely N-dealkylation sites (tertiary alicyclic amines) is 1. The minimum absolute atomic E-state index is 0.0108. The van der Waals surface area contributed by atoms with Crippen molar-refractivity contribution in [1.29, 1.82) is 5.26 Å². The summed E-state index contributed by atoms with van der Waals surface area (Å²) in [7, 11) is 3.12. The number of amides is 1. The van der Waals surface area contributed by atoms with E-state index < -0.39 is 41.0 Å². The summed E-state index contributed by atoms with van der Waals surface area (Å²) in [5.41, 5.74) is 5.26. The molecule has 2 fully saturated rings. The molecule has 1 amide bonds. The number of fused-ring (bicyclic) bond motifs is 3. The second-order valence-corrected chi connectivity index (χ2v) is 12.0. The van der Waals surface area contributed by atoms with Crippen LogP contribution in [0.4, 0.5) is 29.2 Å². The molecule has 0 unspecified atom stereocenters. The molecule has 0 radical (unpaired) electrons. The average molecular weight is 671 g/mol. The number of methoxy groups -OCH3 is 1. The van der Waals surface area contributed by atoms with Crippen LogP contribution in [0.1, 0.15) is 30.4 Å². The van der Waals surface area contributed by atoms with E-state index in [0.717, 1.165) is 32.6 Å². The minimum Gasteiger partial charge on any atom is -0.496 e. The number of hydrogen-bond donors (Lipinski definition) is 1. The van der Waals surface area contributed by atoms with Crippen LogP contribution in [0.3, 0.4) is 0 Å². The fourth-order valence-corrected chi connectivity index (χ4v) is 6.71. The van der Waals surface area contributed by atoms with E-state index in [-0.39, 0.29) is 80.4 Å². The molecule has 0 bridgehead atoms. The van der Waals surface area contributed by atoms with Crippen molar-refractivity contribution in [2.75, 3.05) is 64.2 Å². The normalized spacial score (nSPS) is 19.6. The SMILES string of the molecule is C=C(F)C(=O)N1CCN(c2nc(OC[C@@H]3CCCN3C)nc3cc(-c4nc(N)cc(OC)c4C(F)(F)F)c4c(c23)OCC4)C[C@@H]1CC#N. The van der Waals surface area contributed by atoms with Gasteiger partial charge in [0.05, 0.1) is 48.8 Å². The Labute approximate surface area is 273 Å². The first-order valence-corrected chi connectivity index (χ1v) is 15.4. The maximum absolute atomic E-state index is 14.5. The zero-order valence-electron chi connectivity index (χ0n) is 26.4. The van der Waals surface area contributed by atoms with Crippen molar-refractivity contribution in [1.82, 2.24) is 24.8 Å². The molecule has 0 saturated carbocycles. The Kier molecular flexibility index (Phi) is 8.90. The first kappa shape index (κ1) is 33.0. The number of aromatic nitrogens is 3. The molecule has 2 aromatic heterocycles. The number of ether oxygens (including phenoxy) is 3. The highest BCUT2D eigenvalue weighted by molar-refractivity contribution is 6.01. The van der Waals surface area contributed by atoms with Gasteiger partial charge in [0.1, 0.15) is 35.3 Å². The third-order valence-electron chi connectivity index (χ3n) is 9.04. The van der Waals surface area contributed by atoms with Crippen molar-refractivity contribution in [2.45, 2.75) is 43.9 Å². The quantitative estimate of drug-likeness (QED) is 0.273. The Morgan fingerprint density at radius 3 is 2.67 bits per heavy atom. The Morgan fingerprint density at radius 1 is 1.21 bits per heavy atom. The van der Waals surface area contributed by atoms with Crippen molar-refractivity contribution in [3.8, 4) is 34.8 Å². The summed E-state index contributed by atoms with van der Waals surface area (Å²) in [5.74, 6) is -2.03.